The third-order valence-electron chi connectivity index (χ3n) is 2.45. The molecular weight excluding hydrogens is 188 g/mol. The quantitative estimate of drug-likeness (QED) is 0.692. The lowest BCUT2D eigenvalue weighted by Gasteiger charge is -2.18. The fourth-order valence-corrected chi connectivity index (χ4v) is 1.59. The number of para-hydroxylation sites is 1. The van der Waals surface area contributed by atoms with Crippen LogP contribution in [0.15, 0.2) is 35.4 Å². The molecule has 3 nitrogen and oxygen atoms in total. The van der Waals surface area contributed by atoms with Crippen LogP contribution in [0.2, 0.25) is 0 Å². The van der Waals surface area contributed by atoms with E-state index in [2.05, 4.69) is 5.10 Å². The maximum Gasteiger partial charge on any atom is 0.206 e. The number of rotatable bonds is 2. The number of hydrogen-bond acceptors (Lipinski definition) is 3. The lowest BCUT2D eigenvalue weighted by atomic mass is 10.2. The monoisotopic (exact) mass is 204 g/mol. The summed E-state index contributed by atoms with van der Waals surface area (Å²) in [6, 6.07) is 10.1. The summed E-state index contributed by atoms with van der Waals surface area (Å²) in [5.41, 5.74) is 1.08. The zero-order valence-corrected chi connectivity index (χ0v) is 9.02. The van der Waals surface area contributed by atoms with Gasteiger partial charge in [0.2, 0.25) is 5.90 Å². The van der Waals surface area contributed by atoms with Gasteiger partial charge in [-0.3, -0.25) is 5.01 Å². The van der Waals surface area contributed by atoms with Crippen LogP contribution >= 0.6 is 0 Å². The zero-order chi connectivity index (χ0) is 10.5. The van der Waals surface area contributed by atoms with E-state index in [0.717, 1.165) is 31.0 Å². The van der Waals surface area contributed by atoms with Gasteiger partial charge in [-0.2, -0.15) is 0 Å². The molecule has 15 heavy (non-hydrogen) atoms. The molecule has 1 aliphatic heterocycles. The Morgan fingerprint density at radius 3 is 2.67 bits per heavy atom. The second-order valence-electron chi connectivity index (χ2n) is 3.66. The minimum atomic E-state index is 0.807. The van der Waals surface area contributed by atoms with Crippen LogP contribution in [-0.2, 0) is 4.74 Å². The molecule has 1 saturated heterocycles. The summed E-state index contributed by atoms with van der Waals surface area (Å²) in [7, 11) is 1.94. The first-order valence-electron chi connectivity index (χ1n) is 5.35. The highest BCUT2D eigenvalue weighted by molar-refractivity contribution is 5.77. The molecule has 0 spiro atoms. The maximum atomic E-state index is 5.48. The van der Waals surface area contributed by atoms with E-state index in [9.17, 15) is 0 Å². The highest BCUT2D eigenvalue weighted by Gasteiger charge is 2.08. The molecule has 1 fully saturated rings. The Balaban J connectivity index is 2.05. The SMILES string of the molecule is CN(/N=C1\CCCCO1)c1ccccc1. The Morgan fingerprint density at radius 2 is 2.00 bits per heavy atom. The molecule has 0 bridgehead atoms. The van der Waals surface area contributed by atoms with Gasteiger partial charge in [0.05, 0.1) is 12.3 Å². The van der Waals surface area contributed by atoms with Crippen molar-refractivity contribution in [3.63, 3.8) is 0 Å². The van der Waals surface area contributed by atoms with Crippen molar-refractivity contribution in [1.82, 2.24) is 0 Å². The zero-order valence-electron chi connectivity index (χ0n) is 9.02. The molecule has 0 amide bonds. The molecule has 0 unspecified atom stereocenters. The molecule has 1 aromatic rings. The molecule has 0 radical (unpaired) electrons. The van der Waals surface area contributed by atoms with Crippen LogP contribution < -0.4 is 5.01 Å². The molecule has 1 aliphatic rings. The first kappa shape index (κ1) is 10.0. The van der Waals surface area contributed by atoms with E-state index in [-0.39, 0.29) is 0 Å². The first-order valence-corrected chi connectivity index (χ1v) is 5.35. The van der Waals surface area contributed by atoms with Gasteiger partial charge >= 0.3 is 0 Å². The predicted molar refractivity (Wildman–Crippen MR) is 62.1 cm³/mol. The molecule has 1 heterocycles. The summed E-state index contributed by atoms with van der Waals surface area (Å²) in [6.45, 7) is 0.807. The van der Waals surface area contributed by atoms with Crippen LogP contribution in [0.3, 0.4) is 0 Å². The predicted octanol–water partition coefficient (Wildman–Crippen LogP) is 2.64. The van der Waals surface area contributed by atoms with Crippen LogP contribution in [0.5, 0.6) is 0 Å². The smallest absolute Gasteiger partial charge is 0.206 e. The second-order valence-corrected chi connectivity index (χ2v) is 3.66. The Bertz CT molecular complexity index is 327. The summed E-state index contributed by atoms with van der Waals surface area (Å²) in [6.07, 6.45) is 3.28. The highest BCUT2D eigenvalue weighted by Crippen LogP contribution is 2.14. The van der Waals surface area contributed by atoms with Crippen molar-refractivity contribution in [3.05, 3.63) is 30.3 Å². The van der Waals surface area contributed by atoms with E-state index >= 15 is 0 Å². The van der Waals surface area contributed by atoms with Gasteiger partial charge in [0, 0.05) is 13.5 Å². The van der Waals surface area contributed by atoms with Crippen LogP contribution in [-0.4, -0.2) is 19.6 Å². The number of anilines is 1. The third kappa shape index (κ3) is 2.72. The van der Waals surface area contributed by atoms with Crippen molar-refractivity contribution in [3.8, 4) is 0 Å². The van der Waals surface area contributed by atoms with E-state index in [4.69, 9.17) is 4.74 Å². The molecule has 0 N–H and O–H groups in total. The van der Waals surface area contributed by atoms with Gasteiger partial charge in [-0.1, -0.05) is 18.2 Å². The number of hydrogen-bond donors (Lipinski definition) is 0. The number of hydrazone groups is 1. The maximum absolute atomic E-state index is 5.48. The normalized spacial score (nSPS) is 18.6. The molecule has 3 heteroatoms. The summed E-state index contributed by atoms with van der Waals surface area (Å²) >= 11 is 0. The molecule has 2 rings (SSSR count). The largest absolute Gasteiger partial charge is 0.480 e. The second kappa shape index (κ2) is 4.82. The standard InChI is InChI=1S/C12H16N2O/c1-14(11-7-3-2-4-8-11)13-12-9-5-6-10-15-12/h2-4,7-8H,5-6,9-10H2,1H3/b13-12+. The molecule has 0 atom stereocenters. The van der Waals surface area contributed by atoms with E-state index < -0.39 is 0 Å². The summed E-state index contributed by atoms with van der Waals surface area (Å²) < 4.78 is 5.48. The fourth-order valence-electron chi connectivity index (χ4n) is 1.59. The average Bonchev–Trinajstić information content (AvgIpc) is 2.31. The lowest BCUT2D eigenvalue weighted by Crippen LogP contribution is -2.18. The number of nitrogens with zero attached hydrogens (tertiary/aromatic N) is 2. The van der Waals surface area contributed by atoms with Crippen LogP contribution in [0.25, 0.3) is 0 Å². The third-order valence-corrected chi connectivity index (χ3v) is 2.45. The first-order chi connectivity index (χ1) is 7.36. The Kier molecular flexibility index (Phi) is 3.22. The summed E-state index contributed by atoms with van der Waals surface area (Å²) in [5, 5.41) is 6.30. The Morgan fingerprint density at radius 1 is 1.20 bits per heavy atom. The van der Waals surface area contributed by atoms with Crippen LogP contribution in [0.1, 0.15) is 19.3 Å². The van der Waals surface area contributed by atoms with Crippen LogP contribution in [0, 0.1) is 0 Å². The van der Waals surface area contributed by atoms with E-state index in [1.54, 1.807) is 0 Å². The topological polar surface area (TPSA) is 24.8 Å². The summed E-state index contributed by atoms with van der Waals surface area (Å²) in [4.78, 5) is 0. The minimum Gasteiger partial charge on any atom is -0.480 e. The lowest BCUT2D eigenvalue weighted by molar-refractivity contribution is 0.258. The molecule has 0 aliphatic carbocycles. The van der Waals surface area contributed by atoms with Gasteiger partial charge in [-0.05, 0) is 25.0 Å². The van der Waals surface area contributed by atoms with Crippen molar-refractivity contribution in [1.29, 1.82) is 0 Å². The van der Waals surface area contributed by atoms with Crippen molar-refractivity contribution >= 4 is 11.6 Å². The molecule has 0 saturated carbocycles. The average molecular weight is 204 g/mol. The van der Waals surface area contributed by atoms with Gasteiger partial charge in [0.25, 0.3) is 0 Å². The van der Waals surface area contributed by atoms with E-state index in [1.807, 2.05) is 42.4 Å². The van der Waals surface area contributed by atoms with Gasteiger partial charge in [-0.25, -0.2) is 0 Å². The van der Waals surface area contributed by atoms with Crippen molar-refractivity contribution in [2.45, 2.75) is 19.3 Å². The molecular formula is C12H16N2O. The van der Waals surface area contributed by atoms with Crippen molar-refractivity contribution in [2.24, 2.45) is 5.10 Å². The molecule has 1 aromatic carbocycles. The molecule has 80 valence electrons. The Hall–Kier alpha value is -1.51. The van der Waals surface area contributed by atoms with Gasteiger partial charge < -0.3 is 4.74 Å². The number of benzene rings is 1. The summed E-state index contributed by atoms with van der Waals surface area (Å²) in [5.74, 6) is 0.854. The van der Waals surface area contributed by atoms with Gasteiger partial charge in [0.15, 0.2) is 0 Å². The van der Waals surface area contributed by atoms with E-state index in [1.165, 1.54) is 6.42 Å². The highest BCUT2D eigenvalue weighted by atomic mass is 16.5. The Labute approximate surface area is 90.4 Å². The van der Waals surface area contributed by atoms with Crippen molar-refractivity contribution in [2.75, 3.05) is 18.7 Å². The molecule has 0 aromatic heterocycles. The van der Waals surface area contributed by atoms with Crippen LogP contribution in [0.4, 0.5) is 5.69 Å². The fraction of sp³-hybridized carbons (Fsp3) is 0.417. The van der Waals surface area contributed by atoms with Crippen molar-refractivity contribution < 1.29 is 4.74 Å². The number of ether oxygens (including phenoxy) is 1. The minimum absolute atomic E-state index is 0.807. The van der Waals surface area contributed by atoms with E-state index in [0.29, 0.717) is 0 Å². The van der Waals surface area contributed by atoms with Gasteiger partial charge in [-0.15, -0.1) is 5.10 Å². The van der Waals surface area contributed by atoms with Gasteiger partial charge in [0.1, 0.15) is 0 Å².